The van der Waals surface area contributed by atoms with Crippen molar-refractivity contribution in [1.82, 2.24) is 0 Å². The van der Waals surface area contributed by atoms with Crippen LogP contribution in [0.3, 0.4) is 0 Å². The molecule has 2 aromatic rings. The highest BCUT2D eigenvalue weighted by molar-refractivity contribution is 7.17. The maximum absolute atomic E-state index is 8.62. The molecule has 0 spiro atoms. The van der Waals surface area contributed by atoms with E-state index in [9.17, 15) is 0 Å². The number of fused-ring (bicyclic) bond motifs is 1. The lowest BCUT2D eigenvalue weighted by atomic mass is 10.1. The van der Waals surface area contributed by atoms with E-state index in [0.717, 1.165) is 5.56 Å². The van der Waals surface area contributed by atoms with Gasteiger partial charge in [0, 0.05) is 4.70 Å². The van der Waals surface area contributed by atoms with Crippen LogP contribution in [-0.2, 0) is 0 Å². The van der Waals surface area contributed by atoms with E-state index in [4.69, 9.17) is 5.11 Å². The van der Waals surface area contributed by atoms with Gasteiger partial charge in [-0.2, -0.15) is 0 Å². The lowest BCUT2D eigenvalue weighted by Crippen LogP contribution is -1.73. The average molecular weight is 190 g/mol. The van der Waals surface area contributed by atoms with Crippen LogP contribution >= 0.6 is 11.3 Å². The molecule has 0 saturated heterocycles. The van der Waals surface area contributed by atoms with Crippen molar-refractivity contribution in [3.63, 3.8) is 0 Å². The van der Waals surface area contributed by atoms with Gasteiger partial charge >= 0.3 is 0 Å². The second kappa shape index (κ2) is 3.73. The van der Waals surface area contributed by atoms with Gasteiger partial charge in [0.15, 0.2) is 0 Å². The van der Waals surface area contributed by atoms with E-state index in [1.807, 2.05) is 6.08 Å². The van der Waals surface area contributed by atoms with Gasteiger partial charge in [-0.15, -0.1) is 11.3 Å². The monoisotopic (exact) mass is 190 g/mol. The van der Waals surface area contributed by atoms with Crippen LogP contribution in [0.4, 0.5) is 0 Å². The van der Waals surface area contributed by atoms with E-state index >= 15 is 0 Å². The Morgan fingerprint density at radius 3 is 3.08 bits per heavy atom. The zero-order valence-electron chi connectivity index (χ0n) is 7.10. The molecule has 0 radical (unpaired) electrons. The van der Waals surface area contributed by atoms with Crippen molar-refractivity contribution in [2.45, 2.75) is 0 Å². The third-order valence-electron chi connectivity index (χ3n) is 1.89. The summed E-state index contributed by atoms with van der Waals surface area (Å²) in [6, 6.07) is 8.40. The van der Waals surface area contributed by atoms with Crippen molar-refractivity contribution < 1.29 is 5.11 Å². The number of benzene rings is 1. The van der Waals surface area contributed by atoms with Crippen LogP contribution in [-0.4, -0.2) is 11.7 Å². The molecular formula is C11H10OS. The minimum Gasteiger partial charge on any atom is -0.392 e. The number of aliphatic hydroxyl groups excluding tert-OH is 1. The molecule has 66 valence electrons. The molecule has 1 aromatic carbocycles. The Morgan fingerprint density at radius 2 is 2.23 bits per heavy atom. The fraction of sp³-hybridized carbons (Fsp3) is 0.0909. The maximum atomic E-state index is 8.62. The molecule has 0 unspecified atom stereocenters. The van der Waals surface area contributed by atoms with Crippen molar-refractivity contribution in [2.75, 3.05) is 6.61 Å². The van der Waals surface area contributed by atoms with Crippen molar-refractivity contribution in [3.8, 4) is 0 Å². The summed E-state index contributed by atoms with van der Waals surface area (Å²) in [6.45, 7) is 0.0989. The topological polar surface area (TPSA) is 20.2 Å². The molecule has 0 aliphatic rings. The summed E-state index contributed by atoms with van der Waals surface area (Å²) < 4.78 is 1.31. The first-order valence-electron chi connectivity index (χ1n) is 4.15. The lowest BCUT2D eigenvalue weighted by molar-refractivity contribution is 0.343. The SMILES string of the molecule is OC/C=C/c1ccc2sccc2c1. The van der Waals surface area contributed by atoms with Crippen LogP contribution in [0.2, 0.25) is 0 Å². The van der Waals surface area contributed by atoms with Gasteiger partial charge in [0.05, 0.1) is 6.61 Å². The van der Waals surface area contributed by atoms with Crippen LogP contribution in [0.1, 0.15) is 5.56 Å². The van der Waals surface area contributed by atoms with Gasteiger partial charge in [0.1, 0.15) is 0 Å². The van der Waals surface area contributed by atoms with E-state index in [-0.39, 0.29) is 6.61 Å². The van der Waals surface area contributed by atoms with Gasteiger partial charge < -0.3 is 5.11 Å². The van der Waals surface area contributed by atoms with Gasteiger partial charge in [-0.05, 0) is 34.5 Å². The summed E-state index contributed by atoms with van der Waals surface area (Å²) in [7, 11) is 0. The second-order valence-electron chi connectivity index (χ2n) is 2.80. The van der Waals surface area contributed by atoms with Gasteiger partial charge in [-0.25, -0.2) is 0 Å². The molecule has 0 amide bonds. The number of aliphatic hydroxyl groups is 1. The normalized spacial score (nSPS) is 11.5. The molecule has 1 N–H and O–H groups in total. The first-order chi connectivity index (χ1) is 6.40. The first kappa shape index (κ1) is 8.48. The number of rotatable bonds is 2. The summed E-state index contributed by atoms with van der Waals surface area (Å²) >= 11 is 1.75. The molecule has 2 heteroatoms. The number of hydrogen-bond acceptors (Lipinski definition) is 2. The van der Waals surface area contributed by atoms with Gasteiger partial charge in [-0.1, -0.05) is 18.2 Å². The van der Waals surface area contributed by atoms with Gasteiger partial charge in [-0.3, -0.25) is 0 Å². The first-order valence-corrected chi connectivity index (χ1v) is 5.03. The molecule has 0 aliphatic carbocycles. The van der Waals surface area contributed by atoms with E-state index < -0.39 is 0 Å². The zero-order chi connectivity index (χ0) is 9.10. The summed E-state index contributed by atoms with van der Waals surface area (Å²) in [6.07, 6.45) is 3.67. The van der Waals surface area contributed by atoms with Crippen LogP contribution < -0.4 is 0 Å². The van der Waals surface area contributed by atoms with Crippen molar-refractivity contribution >= 4 is 27.5 Å². The molecule has 0 atom stereocenters. The van der Waals surface area contributed by atoms with Crippen LogP contribution in [0, 0.1) is 0 Å². The largest absolute Gasteiger partial charge is 0.392 e. The Bertz CT molecular complexity index is 428. The third-order valence-corrected chi connectivity index (χ3v) is 2.79. The van der Waals surface area contributed by atoms with E-state index in [2.05, 4.69) is 29.6 Å². The minimum atomic E-state index is 0.0989. The van der Waals surface area contributed by atoms with Crippen LogP contribution in [0.25, 0.3) is 16.2 Å². The van der Waals surface area contributed by atoms with Crippen molar-refractivity contribution in [3.05, 3.63) is 41.3 Å². The standard InChI is InChI=1S/C11H10OS/c12-6-1-2-9-3-4-11-10(8-9)5-7-13-11/h1-5,7-8,12H,6H2/b2-1+. The van der Waals surface area contributed by atoms with Crippen molar-refractivity contribution in [1.29, 1.82) is 0 Å². The Balaban J connectivity index is 2.42. The second-order valence-corrected chi connectivity index (χ2v) is 3.75. The molecule has 1 heterocycles. The highest BCUT2D eigenvalue weighted by atomic mass is 32.1. The molecule has 1 aromatic heterocycles. The molecule has 2 rings (SSSR count). The molecule has 1 nitrogen and oxygen atoms in total. The molecule has 0 aliphatic heterocycles. The van der Waals surface area contributed by atoms with Gasteiger partial charge in [0.25, 0.3) is 0 Å². The minimum absolute atomic E-state index is 0.0989. The zero-order valence-corrected chi connectivity index (χ0v) is 7.92. The molecular weight excluding hydrogens is 180 g/mol. The number of thiophene rings is 1. The molecule has 0 fully saturated rings. The predicted molar refractivity (Wildman–Crippen MR) is 57.9 cm³/mol. The van der Waals surface area contributed by atoms with Crippen molar-refractivity contribution in [2.24, 2.45) is 0 Å². The smallest absolute Gasteiger partial charge is 0.0615 e. The number of hydrogen-bond donors (Lipinski definition) is 1. The van der Waals surface area contributed by atoms with Gasteiger partial charge in [0.2, 0.25) is 0 Å². The molecule has 0 saturated carbocycles. The maximum Gasteiger partial charge on any atom is 0.0615 e. The highest BCUT2D eigenvalue weighted by Gasteiger charge is 1.93. The van der Waals surface area contributed by atoms with E-state index in [0.29, 0.717) is 0 Å². The summed E-state index contributed by atoms with van der Waals surface area (Å²) in [5.41, 5.74) is 1.14. The average Bonchev–Trinajstić information content (AvgIpc) is 2.61. The van der Waals surface area contributed by atoms with E-state index in [1.54, 1.807) is 17.4 Å². The highest BCUT2D eigenvalue weighted by Crippen LogP contribution is 2.22. The fourth-order valence-electron chi connectivity index (χ4n) is 1.28. The summed E-state index contributed by atoms with van der Waals surface area (Å²) in [5, 5.41) is 12.0. The third kappa shape index (κ3) is 1.79. The molecule has 0 bridgehead atoms. The van der Waals surface area contributed by atoms with Crippen LogP contribution in [0.5, 0.6) is 0 Å². The Morgan fingerprint density at radius 1 is 1.31 bits per heavy atom. The Hall–Kier alpha value is -1.12. The summed E-state index contributed by atoms with van der Waals surface area (Å²) in [4.78, 5) is 0. The molecule has 13 heavy (non-hydrogen) atoms. The Labute approximate surface area is 81.0 Å². The Kier molecular flexibility index (Phi) is 2.43. The summed E-state index contributed by atoms with van der Waals surface area (Å²) in [5.74, 6) is 0. The fourth-order valence-corrected chi connectivity index (χ4v) is 2.05. The predicted octanol–water partition coefficient (Wildman–Crippen LogP) is 2.91. The van der Waals surface area contributed by atoms with E-state index in [1.165, 1.54) is 10.1 Å². The quantitative estimate of drug-likeness (QED) is 0.772. The lowest BCUT2D eigenvalue weighted by Gasteiger charge is -1.93. The van der Waals surface area contributed by atoms with Crippen LogP contribution in [0.15, 0.2) is 35.7 Å².